The third-order valence-corrected chi connectivity index (χ3v) is 6.11. The lowest BCUT2D eigenvalue weighted by atomic mass is 10.1. The van der Waals surface area contributed by atoms with Crippen molar-refractivity contribution in [3.63, 3.8) is 0 Å². The molecule has 0 saturated heterocycles. The van der Waals surface area contributed by atoms with Crippen LogP contribution in [0.2, 0.25) is 0 Å². The Morgan fingerprint density at radius 3 is 2.26 bits per heavy atom. The van der Waals surface area contributed by atoms with Gasteiger partial charge in [0.2, 0.25) is 5.91 Å². The number of methoxy groups -OCH3 is 1. The molecule has 0 fully saturated rings. The molecule has 0 heterocycles. The Bertz CT molecular complexity index is 817. The van der Waals surface area contributed by atoms with Crippen LogP contribution in [0.3, 0.4) is 0 Å². The van der Waals surface area contributed by atoms with Crippen LogP contribution in [0.1, 0.15) is 16.7 Å². The maximum Gasteiger partial charge on any atom is 0.250 e. The summed E-state index contributed by atoms with van der Waals surface area (Å²) in [6.45, 7) is 6.41. The zero-order valence-corrected chi connectivity index (χ0v) is 20.3. The molecule has 0 saturated carbocycles. The van der Waals surface area contributed by atoms with Gasteiger partial charge in [-0.2, -0.15) is 0 Å². The number of rotatable bonds is 12. The SMILES string of the molecule is COc1cc(C)c(SN(C)CCOCC(=O)Nc2ccc(CCN(C)C)cc2)c(C)c1. The average Bonchev–Trinajstić information content (AvgIpc) is 2.73. The standard InChI is InChI=1S/C24H35N3O3S/c1-18-15-22(29-6)16-19(2)24(18)31-27(5)13-14-30-17-23(28)25-21-9-7-20(8-10-21)11-12-26(3)4/h7-10,15-16H,11-14,17H2,1-6H3,(H,25,28). The van der Waals surface area contributed by atoms with Gasteiger partial charge in [0.25, 0.3) is 0 Å². The molecule has 2 aromatic carbocycles. The summed E-state index contributed by atoms with van der Waals surface area (Å²) in [6, 6.07) is 12.1. The summed E-state index contributed by atoms with van der Waals surface area (Å²) in [7, 11) is 7.83. The highest BCUT2D eigenvalue weighted by atomic mass is 32.2. The lowest BCUT2D eigenvalue weighted by molar-refractivity contribution is -0.120. The molecule has 0 aliphatic carbocycles. The number of nitrogens with zero attached hydrogens (tertiary/aromatic N) is 2. The van der Waals surface area contributed by atoms with Gasteiger partial charge >= 0.3 is 0 Å². The molecule has 6 nitrogen and oxygen atoms in total. The number of likely N-dealkylation sites (N-methyl/N-ethyl adjacent to an activating group) is 2. The van der Waals surface area contributed by atoms with Crippen LogP contribution in [-0.4, -0.2) is 69.7 Å². The van der Waals surface area contributed by atoms with E-state index in [0.717, 1.165) is 24.4 Å². The number of anilines is 1. The third-order valence-electron chi connectivity index (χ3n) is 4.79. The number of benzene rings is 2. The quantitative estimate of drug-likeness (QED) is 0.394. The van der Waals surface area contributed by atoms with Crippen molar-refractivity contribution in [2.75, 3.05) is 59.9 Å². The lowest BCUT2D eigenvalue weighted by Crippen LogP contribution is -2.22. The van der Waals surface area contributed by atoms with Gasteiger partial charge in [-0.1, -0.05) is 12.1 Å². The van der Waals surface area contributed by atoms with E-state index in [-0.39, 0.29) is 12.5 Å². The fraction of sp³-hybridized carbons (Fsp3) is 0.458. The van der Waals surface area contributed by atoms with Crippen molar-refractivity contribution in [3.05, 3.63) is 53.1 Å². The van der Waals surface area contributed by atoms with E-state index in [9.17, 15) is 4.79 Å². The molecule has 1 amide bonds. The molecule has 0 aromatic heterocycles. The number of carbonyl (C=O) groups is 1. The van der Waals surface area contributed by atoms with Gasteiger partial charge in [-0.05, 0) is 94.3 Å². The van der Waals surface area contributed by atoms with E-state index >= 15 is 0 Å². The van der Waals surface area contributed by atoms with Gasteiger partial charge in [0.05, 0.1) is 13.7 Å². The zero-order valence-electron chi connectivity index (χ0n) is 19.5. The predicted molar refractivity (Wildman–Crippen MR) is 129 cm³/mol. The molecule has 1 N–H and O–H groups in total. The first-order valence-electron chi connectivity index (χ1n) is 10.4. The molecular weight excluding hydrogens is 410 g/mol. The van der Waals surface area contributed by atoms with Gasteiger partial charge in [0.1, 0.15) is 12.4 Å². The van der Waals surface area contributed by atoms with Crippen LogP contribution in [0.5, 0.6) is 5.75 Å². The minimum absolute atomic E-state index is 0.0431. The number of hydrogen-bond acceptors (Lipinski definition) is 6. The number of ether oxygens (including phenoxy) is 2. The minimum Gasteiger partial charge on any atom is -0.497 e. The molecule has 0 spiro atoms. The van der Waals surface area contributed by atoms with Crippen molar-refractivity contribution in [2.24, 2.45) is 0 Å². The number of hydrogen-bond donors (Lipinski definition) is 1. The van der Waals surface area contributed by atoms with E-state index in [1.165, 1.54) is 21.6 Å². The normalized spacial score (nSPS) is 11.2. The van der Waals surface area contributed by atoms with E-state index in [0.29, 0.717) is 13.2 Å². The first-order chi connectivity index (χ1) is 14.8. The van der Waals surface area contributed by atoms with E-state index in [1.807, 2.05) is 31.3 Å². The summed E-state index contributed by atoms with van der Waals surface area (Å²) >= 11 is 1.68. The molecule has 0 bridgehead atoms. The number of carbonyl (C=O) groups excluding carboxylic acids is 1. The van der Waals surface area contributed by atoms with Gasteiger partial charge in [0.15, 0.2) is 0 Å². The summed E-state index contributed by atoms with van der Waals surface area (Å²) in [5.41, 5.74) is 4.41. The Morgan fingerprint density at radius 2 is 1.68 bits per heavy atom. The summed E-state index contributed by atoms with van der Waals surface area (Å²) in [4.78, 5) is 15.5. The van der Waals surface area contributed by atoms with Crippen LogP contribution in [0, 0.1) is 13.8 Å². The third kappa shape index (κ3) is 8.91. The molecule has 2 aromatic rings. The fourth-order valence-electron chi connectivity index (χ4n) is 3.04. The number of nitrogens with one attached hydrogen (secondary N) is 1. The average molecular weight is 446 g/mol. The first-order valence-corrected chi connectivity index (χ1v) is 11.2. The second-order valence-electron chi connectivity index (χ2n) is 7.88. The second kappa shape index (κ2) is 12.7. The number of amides is 1. The molecule has 0 atom stereocenters. The van der Waals surface area contributed by atoms with Crippen molar-refractivity contribution >= 4 is 23.5 Å². The Hall–Kier alpha value is -2.06. The maximum atomic E-state index is 12.1. The first kappa shape index (κ1) is 25.2. The Morgan fingerprint density at radius 1 is 1.03 bits per heavy atom. The molecule has 7 heteroatoms. The van der Waals surface area contributed by atoms with Crippen LogP contribution in [0.4, 0.5) is 5.69 Å². The highest BCUT2D eigenvalue weighted by Gasteiger charge is 2.10. The monoisotopic (exact) mass is 445 g/mol. The van der Waals surface area contributed by atoms with Crippen molar-refractivity contribution in [1.29, 1.82) is 0 Å². The minimum atomic E-state index is -0.141. The van der Waals surface area contributed by atoms with E-state index in [4.69, 9.17) is 9.47 Å². The van der Waals surface area contributed by atoms with Gasteiger partial charge < -0.3 is 19.7 Å². The summed E-state index contributed by atoms with van der Waals surface area (Å²) in [6.07, 6.45) is 0.992. The lowest BCUT2D eigenvalue weighted by Gasteiger charge is -2.19. The van der Waals surface area contributed by atoms with E-state index < -0.39 is 0 Å². The fourth-order valence-corrected chi connectivity index (χ4v) is 3.92. The van der Waals surface area contributed by atoms with Gasteiger partial charge in [0, 0.05) is 23.7 Å². The highest BCUT2D eigenvalue weighted by molar-refractivity contribution is 7.97. The molecule has 31 heavy (non-hydrogen) atoms. The van der Waals surface area contributed by atoms with Crippen LogP contribution in [-0.2, 0) is 16.0 Å². The molecule has 170 valence electrons. The Balaban J connectivity index is 1.69. The van der Waals surface area contributed by atoms with Crippen molar-refractivity contribution in [3.8, 4) is 5.75 Å². The molecule has 0 aliphatic rings. The van der Waals surface area contributed by atoms with Crippen molar-refractivity contribution in [2.45, 2.75) is 25.2 Å². The van der Waals surface area contributed by atoms with Crippen LogP contribution in [0.25, 0.3) is 0 Å². The zero-order chi connectivity index (χ0) is 22.8. The number of aryl methyl sites for hydroxylation is 2. The summed E-state index contributed by atoms with van der Waals surface area (Å²) in [5, 5.41) is 2.88. The maximum absolute atomic E-state index is 12.1. The van der Waals surface area contributed by atoms with Crippen LogP contribution < -0.4 is 10.1 Å². The van der Waals surface area contributed by atoms with Gasteiger partial charge in [-0.3, -0.25) is 4.79 Å². The van der Waals surface area contributed by atoms with Gasteiger partial charge in [-0.25, -0.2) is 4.31 Å². The predicted octanol–water partition coefficient (Wildman–Crippen LogP) is 4.01. The van der Waals surface area contributed by atoms with Crippen molar-refractivity contribution < 1.29 is 14.3 Å². The smallest absolute Gasteiger partial charge is 0.250 e. The van der Waals surface area contributed by atoms with Crippen LogP contribution >= 0.6 is 11.9 Å². The Labute approximate surface area is 191 Å². The summed E-state index contributed by atoms with van der Waals surface area (Å²) in [5.74, 6) is 0.734. The molecule has 0 unspecified atom stereocenters. The molecule has 0 radical (unpaired) electrons. The topological polar surface area (TPSA) is 54.0 Å². The summed E-state index contributed by atoms with van der Waals surface area (Å²) < 4.78 is 13.0. The van der Waals surface area contributed by atoms with E-state index in [1.54, 1.807) is 19.1 Å². The van der Waals surface area contributed by atoms with Crippen LogP contribution in [0.15, 0.2) is 41.3 Å². The van der Waals surface area contributed by atoms with Gasteiger partial charge in [-0.15, -0.1) is 0 Å². The highest BCUT2D eigenvalue weighted by Crippen LogP contribution is 2.31. The molecule has 0 aliphatic heterocycles. The largest absolute Gasteiger partial charge is 0.497 e. The molecule has 2 rings (SSSR count). The van der Waals surface area contributed by atoms with E-state index in [2.05, 4.69) is 54.6 Å². The van der Waals surface area contributed by atoms with Crippen molar-refractivity contribution in [1.82, 2.24) is 9.21 Å². The molecular formula is C24H35N3O3S. The second-order valence-corrected chi connectivity index (χ2v) is 9.10. The Kier molecular flexibility index (Phi) is 10.3.